The smallest absolute Gasteiger partial charge is 0.410 e. The van der Waals surface area contributed by atoms with E-state index in [0.717, 1.165) is 34.5 Å². The lowest BCUT2D eigenvalue weighted by molar-refractivity contribution is -0.149. The number of nitrogens with one attached hydrogen (secondary N) is 5. The number of ether oxygens (including phenoxy) is 3. The Kier molecular flexibility index (Phi) is 39.3. The SMILES string of the molecule is CC[C@H](C)[C@@H]([C@@H](CC(=O)N1CCC[C@H]1[C@H](OC)[C@@H](C)C(=O)N[C@H](C)[C@@H](O)c1ccccc1)OC)N(C)C(=O)[C@@H](CC(=O)[C@H](C(C)C)N(C)C(=O)OCc1ccc(NC(=O)[C@H](CCCNC(N)=O)CC(=O)[C@@H](NC(=O)CCC(=O)N(CCNC(=O)/C(=C\C(=O)O)SC)CCN2C(=O)C=C(SC)C2=O)C(C)C)cc1)C(C)C. The number of nitrogens with two attached hydrogens (primary N) is 1. The number of amides is 12. The minimum absolute atomic E-state index is 0.0793. The molecule has 12 amide bonds. The van der Waals surface area contributed by atoms with Gasteiger partial charge in [-0.1, -0.05) is 111 Å². The zero-order chi connectivity index (χ0) is 82.4. The Morgan fingerprint density at radius 3 is 1.99 bits per heavy atom. The summed E-state index contributed by atoms with van der Waals surface area (Å²) < 4.78 is 17.8. The third kappa shape index (κ3) is 27.9. The molecule has 2 aliphatic rings. The Bertz CT molecular complexity index is 3560. The molecule has 12 atom stereocenters. The Labute approximate surface area is 655 Å². The lowest BCUT2D eigenvalue weighted by atomic mass is 9.83. The van der Waals surface area contributed by atoms with Crippen LogP contribution >= 0.6 is 23.5 Å². The summed E-state index contributed by atoms with van der Waals surface area (Å²) in [5, 5.41) is 33.7. The van der Waals surface area contributed by atoms with E-state index in [9.17, 15) is 77.3 Å². The van der Waals surface area contributed by atoms with E-state index in [2.05, 4.69) is 26.6 Å². The maximum Gasteiger partial charge on any atom is 0.410 e. The first kappa shape index (κ1) is 93.7. The second-order valence-corrected chi connectivity index (χ2v) is 30.8. The van der Waals surface area contributed by atoms with Gasteiger partial charge in [0.1, 0.15) is 6.61 Å². The van der Waals surface area contributed by atoms with Gasteiger partial charge in [-0.05, 0) is 92.0 Å². The highest BCUT2D eigenvalue weighted by molar-refractivity contribution is 8.03. The molecule has 0 unspecified atom stereocenters. The van der Waals surface area contributed by atoms with E-state index in [-0.39, 0.29) is 117 Å². The predicted octanol–water partition coefficient (Wildman–Crippen LogP) is 6.45. The summed E-state index contributed by atoms with van der Waals surface area (Å²) in [6, 6.07) is 10.8. The number of urea groups is 1. The van der Waals surface area contributed by atoms with Crippen LogP contribution in [0.1, 0.15) is 151 Å². The van der Waals surface area contributed by atoms with Gasteiger partial charge < -0.3 is 76.3 Å². The summed E-state index contributed by atoms with van der Waals surface area (Å²) >= 11 is 1.98. The fourth-order valence-corrected chi connectivity index (χ4v) is 14.8. The number of carbonyl (C=O) groups is 14. The van der Waals surface area contributed by atoms with Crippen LogP contribution in [-0.2, 0) is 78.4 Å². The van der Waals surface area contributed by atoms with E-state index < -0.39 is 150 Å². The largest absolute Gasteiger partial charge is 0.478 e. The van der Waals surface area contributed by atoms with E-state index in [1.807, 2.05) is 45.9 Å². The van der Waals surface area contributed by atoms with Crippen molar-refractivity contribution in [3.63, 3.8) is 0 Å². The van der Waals surface area contributed by atoms with Crippen molar-refractivity contribution >= 4 is 112 Å². The molecule has 4 rings (SSSR count). The number of imide groups is 1. The van der Waals surface area contributed by atoms with Crippen LogP contribution in [0, 0.1) is 41.4 Å². The van der Waals surface area contributed by atoms with Crippen molar-refractivity contribution in [1.29, 1.82) is 0 Å². The van der Waals surface area contributed by atoms with E-state index in [1.165, 1.54) is 43.4 Å². The van der Waals surface area contributed by atoms with Crippen molar-refractivity contribution < 1.29 is 91.5 Å². The Hall–Kier alpha value is -8.72. The quantitative estimate of drug-likeness (QED) is 0.0200. The van der Waals surface area contributed by atoms with Crippen molar-refractivity contribution in [2.75, 3.05) is 85.4 Å². The Balaban J connectivity index is 1.40. The molecule has 0 saturated carbocycles. The molecule has 1 fully saturated rings. The highest BCUT2D eigenvalue weighted by Gasteiger charge is 2.45. The number of ketones is 2. The van der Waals surface area contributed by atoms with Crippen LogP contribution < -0.4 is 32.3 Å². The summed E-state index contributed by atoms with van der Waals surface area (Å²) in [6.07, 6.45) is 2.56. The molecule has 32 heteroatoms. The molecule has 30 nitrogen and oxygen atoms in total. The summed E-state index contributed by atoms with van der Waals surface area (Å²) in [5.41, 5.74) is 6.77. The van der Waals surface area contributed by atoms with Gasteiger partial charge in [0, 0.05) is 123 Å². The number of rotatable bonds is 47. The molecule has 0 bridgehead atoms. The number of aliphatic hydroxyl groups excluding tert-OH is 1. The van der Waals surface area contributed by atoms with Crippen molar-refractivity contribution in [1.82, 2.24) is 45.8 Å². The molecule has 1 saturated heterocycles. The van der Waals surface area contributed by atoms with Crippen LogP contribution in [0.15, 0.2) is 76.6 Å². The highest BCUT2D eigenvalue weighted by atomic mass is 32.2. The molecule has 0 aromatic heterocycles. The average Bonchev–Trinajstić information content (AvgIpc) is 1.70. The number of carbonyl (C=O) groups excluding carboxylic acids is 13. The van der Waals surface area contributed by atoms with E-state index >= 15 is 0 Å². The Morgan fingerprint density at radius 1 is 0.764 bits per heavy atom. The number of likely N-dealkylation sites (N-methyl/N-ethyl adjacent to an activating group) is 2. The highest BCUT2D eigenvalue weighted by Crippen LogP contribution is 2.33. The summed E-state index contributed by atoms with van der Waals surface area (Å²) in [5.74, 6) is -10.8. The van der Waals surface area contributed by atoms with Gasteiger partial charge in [-0.2, -0.15) is 0 Å². The molecule has 110 heavy (non-hydrogen) atoms. The number of aliphatic carboxylic acids is 1. The van der Waals surface area contributed by atoms with Crippen LogP contribution in [0.4, 0.5) is 15.3 Å². The molecule has 2 aromatic carbocycles. The van der Waals surface area contributed by atoms with E-state index in [4.69, 9.17) is 19.9 Å². The second kappa shape index (κ2) is 46.2. The van der Waals surface area contributed by atoms with Crippen molar-refractivity contribution in [2.24, 2.45) is 47.2 Å². The molecule has 2 heterocycles. The van der Waals surface area contributed by atoms with Crippen LogP contribution in [0.2, 0.25) is 0 Å². The summed E-state index contributed by atoms with van der Waals surface area (Å²) in [4.78, 5) is 195. The molecule has 9 N–H and O–H groups in total. The fourth-order valence-electron chi connectivity index (χ4n) is 13.9. The first-order chi connectivity index (χ1) is 52.0. The monoisotopic (exact) mass is 1580 g/mol. The number of carboxylic acid groups (broad SMARTS) is 1. The maximum atomic E-state index is 14.9. The molecule has 0 aliphatic carbocycles. The predicted molar refractivity (Wildman–Crippen MR) is 418 cm³/mol. The van der Waals surface area contributed by atoms with Gasteiger partial charge >= 0.3 is 18.1 Å². The number of carboxylic acids is 1. The summed E-state index contributed by atoms with van der Waals surface area (Å²) in [6.45, 7) is 17.6. The first-order valence-electron chi connectivity index (χ1n) is 37.5. The summed E-state index contributed by atoms with van der Waals surface area (Å²) in [7, 11) is 6.13. The van der Waals surface area contributed by atoms with Gasteiger partial charge in [-0.3, -0.25) is 57.6 Å². The lowest BCUT2D eigenvalue weighted by Gasteiger charge is -2.41. The van der Waals surface area contributed by atoms with Crippen LogP contribution in [0.25, 0.3) is 0 Å². The number of anilines is 1. The number of thioether (sulfide) groups is 2. The third-order valence-electron chi connectivity index (χ3n) is 20.3. The maximum absolute atomic E-state index is 14.9. The van der Waals surface area contributed by atoms with Crippen molar-refractivity contribution in [2.45, 2.75) is 189 Å². The van der Waals surface area contributed by atoms with Gasteiger partial charge in [-0.25, -0.2) is 14.4 Å². The number of likely N-dealkylation sites (tertiary alicyclic amines) is 1. The van der Waals surface area contributed by atoms with Crippen LogP contribution in [0.3, 0.4) is 0 Å². The lowest BCUT2D eigenvalue weighted by Crippen LogP contribution is -2.55. The zero-order valence-electron chi connectivity index (χ0n) is 66.5. The normalized spacial score (nSPS) is 16.8. The number of hydrogen-bond donors (Lipinski definition) is 8. The van der Waals surface area contributed by atoms with Crippen molar-refractivity contribution in [3.05, 3.63) is 87.7 Å². The molecule has 2 aromatic rings. The number of methoxy groups -OCH3 is 2. The van der Waals surface area contributed by atoms with Crippen LogP contribution in [0.5, 0.6) is 0 Å². The van der Waals surface area contributed by atoms with Gasteiger partial charge in [0.2, 0.25) is 35.4 Å². The molecule has 0 radical (unpaired) electrons. The number of Topliss-reactive ketones (excluding diaryl/α,β-unsaturated/α-hetero) is 2. The number of nitrogens with zero attached hydrogens (tertiary/aromatic N) is 5. The van der Waals surface area contributed by atoms with Gasteiger partial charge in [0.25, 0.3) is 17.7 Å². The molecule has 610 valence electrons. The van der Waals surface area contributed by atoms with Gasteiger partial charge in [0.05, 0.1) is 70.7 Å². The minimum atomic E-state index is -1.34. The van der Waals surface area contributed by atoms with Gasteiger partial charge in [0.15, 0.2) is 11.6 Å². The number of aliphatic hydroxyl groups is 1. The standard InChI is InChI=1S/C78H117N11O19S2/c1-17-48(8)69(59(106-13)41-64(94)88-35-22-26-56(88)71(107-14)49(9)72(99)82-50(10)70(98)52-23-19-18-20-24-52)85(11)75(102)55(45(2)3)40-58(91)68(47(6)7)86(12)78(105)108-44-51-27-29-54(30-28-51)83-73(100)53(25-21-33-81-77(79)104)39-57(90)67(46(4)5)84-62(92)31-32-63(93)87(36-34-80-74(101)60(109-15)43-66(96)97)37-38-89-65(95)42-61(110-16)76(89)103/h18-20,23-24,27-30,42-43,45-50,53,55-56,59,67-71,98H,17,21-22,25-26,31-41,44H2,1-16H3,(H,80,101)(H,82,99)(H,83,100)(H,84,92)(H,96,97)(H3,79,81,104)/b60-43+/t48-,49+,50+,53+,55-,56-,59+,67-,68-,69-,70+,71+/m0/s1. The average molecular weight is 1580 g/mol. The van der Waals surface area contributed by atoms with Gasteiger partial charge in [-0.15, -0.1) is 23.5 Å². The molecular weight excluding hydrogens is 1460 g/mol. The topological polar surface area (TPSA) is 409 Å². The molecule has 2 aliphatic heterocycles. The van der Waals surface area contributed by atoms with Crippen LogP contribution in [-0.4, -0.2) is 240 Å². The van der Waals surface area contributed by atoms with Crippen molar-refractivity contribution in [3.8, 4) is 0 Å². The minimum Gasteiger partial charge on any atom is -0.478 e. The first-order valence-corrected chi connectivity index (χ1v) is 39.9. The number of primary amides is 1. The molecule has 0 spiro atoms. The van der Waals surface area contributed by atoms with E-state index in [1.54, 1.807) is 101 Å². The fraction of sp³-hybridized carbons (Fsp3) is 0.615. The molecular formula is C78H117N11O19S2. The number of hydrogen-bond acceptors (Lipinski definition) is 20. The second-order valence-electron chi connectivity index (χ2n) is 29.1. The third-order valence-corrected chi connectivity index (χ3v) is 21.8. The zero-order valence-corrected chi connectivity index (χ0v) is 68.1. The Morgan fingerprint density at radius 2 is 1.43 bits per heavy atom. The number of benzene rings is 2. The van der Waals surface area contributed by atoms with E-state index in [0.29, 0.717) is 42.6 Å².